The first-order chi connectivity index (χ1) is 7.69. The SMILES string of the molecule is O=C(CCl)Oc1ccc2c(c1)OC(=O)CC2. The maximum atomic E-state index is 11.1. The van der Waals surface area contributed by atoms with Gasteiger partial charge in [-0.25, -0.2) is 0 Å². The third kappa shape index (κ3) is 2.33. The molecular weight excluding hydrogens is 232 g/mol. The zero-order valence-corrected chi connectivity index (χ0v) is 9.12. The van der Waals surface area contributed by atoms with Gasteiger partial charge >= 0.3 is 11.9 Å². The lowest BCUT2D eigenvalue weighted by atomic mass is 10.1. The van der Waals surface area contributed by atoms with Gasteiger partial charge in [0, 0.05) is 6.07 Å². The van der Waals surface area contributed by atoms with Crippen molar-refractivity contribution in [1.29, 1.82) is 0 Å². The molecule has 2 rings (SSSR count). The van der Waals surface area contributed by atoms with Gasteiger partial charge in [0.1, 0.15) is 17.4 Å². The largest absolute Gasteiger partial charge is 0.426 e. The number of ether oxygens (including phenoxy) is 2. The summed E-state index contributed by atoms with van der Waals surface area (Å²) in [5, 5.41) is 0. The van der Waals surface area contributed by atoms with Crippen molar-refractivity contribution in [2.75, 3.05) is 5.88 Å². The van der Waals surface area contributed by atoms with Crippen molar-refractivity contribution in [3.05, 3.63) is 23.8 Å². The predicted molar refractivity (Wildman–Crippen MR) is 56.8 cm³/mol. The first-order valence-corrected chi connectivity index (χ1v) is 5.33. The Labute approximate surface area is 97.1 Å². The number of alkyl halides is 1. The molecule has 5 heteroatoms. The molecule has 0 atom stereocenters. The van der Waals surface area contributed by atoms with Crippen LogP contribution in [0.15, 0.2) is 18.2 Å². The van der Waals surface area contributed by atoms with Crippen LogP contribution in [0, 0.1) is 0 Å². The smallest absolute Gasteiger partial charge is 0.326 e. The topological polar surface area (TPSA) is 52.6 Å². The number of hydrogen-bond donors (Lipinski definition) is 0. The minimum atomic E-state index is -0.538. The van der Waals surface area contributed by atoms with Gasteiger partial charge in [-0.05, 0) is 18.1 Å². The van der Waals surface area contributed by atoms with E-state index in [-0.39, 0.29) is 11.8 Å². The monoisotopic (exact) mass is 240 g/mol. The summed E-state index contributed by atoms with van der Waals surface area (Å²) in [6, 6.07) is 4.96. The molecule has 0 radical (unpaired) electrons. The Morgan fingerprint density at radius 2 is 2.25 bits per heavy atom. The molecule has 0 aromatic heterocycles. The molecule has 16 heavy (non-hydrogen) atoms. The lowest BCUT2D eigenvalue weighted by molar-refractivity contribution is -0.135. The van der Waals surface area contributed by atoms with Crippen LogP contribution < -0.4 is 9.47 Å². The van der Waals surface area contributed by atoms with E-state index in [0.29, 0.717) is 24.3 Å². The molecule has 1 aromatic rings. The van der Waals surface area contributed by atoms with E-state index in [2.05, 4.69) is 0 Å². The van der Waals surface area contributed by atoms with Gasteiger partial charge in [0.25, 0.3) is 0 Å². The summed E-state index contributed by atoms with van der Waals surface area (Å²) in [6.45, 7) is 0. The van der Waals surface area contributed by atoms with Crippen molar-refractivity contribution in [1.82, 2.24) is 0 Å². The van der Waals surface area contributed by atoms with E-state index in [1.807, 2.05) is 0 Å². The standard InChI is InChI=1S/C11H9ClO4/c12-6-11(14)15-8-3-1-7-2-4-10(13)16-9(7)5-8/h1,3,5H,2,4,6H2. The van der Waals surface area contributed by atoms with E-state index in [0.717, 1.165) is 5.56 Å². The van der Waals surface area contributed by atoms with E-state index in [9.17, 15) is 9.59 Å². The third-order valence-corrected chi connectivity index (χ3v) is 2.42. The number of carbonyl (C=O) groups excluding carboxylic acids is 2. The maximum absolute atomic E-state index is 11.1. The van der Waals surface area contributed by atoms with Gasteiger partial charge in [0.05, 0.1) is 6.42 Å². The summed E-state index contributed by atoms with van der Waals surface area (Å²) in [5.74, 6) is -0.232. The third-order valence-electron chi connectivity index (χ3n) is 2.20. The maximum Gasteiger partial charge on any atom is 0.326 e. The van der Waals surface area contributed by atoms with Crippen LogP contribution in [-0.4, -0.2) is 17.8 Å². The Balaban J connectivity index is 2.21. The fourth-order valence-electron chi connectivity index (χ4n) is 1.47. The quantitative estimate of drug-likeness (QED) is 0.448. The zero-order valence-electron chi connectivity index (χ0n) is 8.36. The number of esters is 2. The summed E-state index contributed by atoms with van der Waals surface area (Å²) in [4.78, 5) is 22.0. The molecule has 1 aromatic carbocycles. The molecule has 1 aliphatic rings. The second-order valence-corrected chi connectivity index (χ2v) is 3.62. The van der Waals surface area contributed by atoms with E-state index < -0.39 is 5.97 Å². The van der Waals surface area contributed by atoms with Gasteiger partial charge < -0.3 is 9.47 Å². The van der Waals surface area contributed by atoms with Crippen LogP contribution in [0.4, 0.5) is 0 Å². The van der Waals surface area contributed by atoms with Gasteiger partial charge in [0.2, 0.25) is 0 Å². The van der Waals surface area contributed by atoms with Crippen molar-refractivity contribution in [3.8, 4) is 11.5 Å². The second kappa shape index (κ2) is 4.53. The summed E-state index contributed by atoms with van der Waals surface area (Å²) < 4.78 is 9.93. The van der Waals surface area contributed by atoms with Crippen molar-refractivity contribution in [3.63, 3.8) is 0 Å². The molecule has 0 fully saturated rings. The fraction of sp³-hybridized carbons (Fsp3) is 0.273. The number of benzene rings is 1. The highest BCUT2D eigenvalue weighted by molar-refractivity contribution is 6.26. The van der Waals surface area contributed by atoms with Crippen molar-refractivity contribution in [2.45, 2.75) is 12.8 Å². The Bertz CT molecular complexity index is 442. The van der Waals surface area contributed by atoms with Crippen molar-refractivity contribution >= 4 is 23.5 Å². The number of halogens is 1. The van der Waals surface area contributed by atoms with Gasteiger partial charge in [-0.1, -0.05) is 6.07 Å². The van der Waals surface area contributed by atoms with Crippen LogP contribution in [0.5, 0.6) is 11.5 Å². The number of carbonyl (C=O) groups is 2. The summed E-state index contributed by atoms with van der Waals surface area (Å²) in [5.41, 5.74) is 0.935. The summed E-state index contributed by atoms with van der Waals surface area (Å²) in [6.07, 6.45) is 1.03. The van der Waals surface area contributed by atoms with Crippen molar-refractivity contribution < 1.29 is 19.1 Å². The minimum Gasteiger partial charge on any atom is -0.426 e. The average molecular weight is 241 g/mol. The van der Waals surface area contributed by atoms with Gasteiger partial charge in [-0.15, -0.1) is 11.6 Å². The highest BCUT2D eigenvalue weighted by atomic mass is 35.5. The number of hydrogen-bond acceptors (Lipinski definition) is 4. The molecule has 1 heterocycles. The molecule has 0 saturated carbocycles. The van der Waals surface area contributed by atoms with Crippen LogP contribution in [0.1, 0.15) is 12.0 Å². The van der Waals surface area contributed by atoms with Gasteiger partial charge in [-0.2, -0.15) is 0 Å². The molecule has 4 nitrogen and oxygen atoms in total. The highest BCUT2D eigenvalue weighted by Gasteiger charge is 2.17. The normalized spacial score (nSPS) is 13.9. The second-order valence-electron chi connectivity index (χ2n) is 3.35. The summed E-state index contributed by atoms with van der Waals surface area (Å²) >= 11 is 5.31. The molecule has 84 valence electrons. The Morgan fingerprint density at radius 3 is 3.00 bits per heavy atom. The lowest BCUT2D eigenvalue weighted by Gasteiger charge is -2.15. The fourth-order valence-corrected chi connectivity index (χ4v) is 1.52. The Morgan fingerprint density at radius 1 is 1.44 bits per heavy atom. The molecule has 0 spiro atoms. The van der Waals surface area contributed by atoms with Crippen LogP contribution in [0.3, 0.4) is 0 Å². The highest BCUT2D eigenvalue weighted by Crippen LogP contribution is 2.29. The zero-order chi connectivity index (χ0) is 11.5. The van der Waals surface area contributed by atoms with Crippen LogP contribution >= 0.6 is 11.6 Å². The first-order valence-electron chi connectivity index (χ1n) is 4.79. The molecule has 0 N–H and O–H groups in total. The van der Waals surface area contributed by atoms with Crippen LogP contribution in [0.25, 0.3) is 0 Å². The Hall–Kier alpha value is -1.55. The van der Waals surface area contributed by atoms with E-state index in [1.165, 1.54) is 6.07 Å². The predicted octanol–water partition coefficient (Wildman–Crippen LogP) is 1.68. The molecule has 0 unspecified atom stereocenters. The molecule has 1 aliphatic heterocycles. The molecule has 0 bridgehead atoms. The van der Waals surface area contributed by atoms with E-state index >= 15 is 0 Å². The lowest BCUT2D eigenvalue weighted by Crippen LogP contribution is -2.16. The van der Waals surface area contributed by atoms with E-state index in [1.54, 1.807) is 12.1 Å². The van der Waals surface area contributed by atoms with Crippen LogP contribution in [-0.2, 0) is 16.0 Å². The molecular formula is C11H9ClO4. The average Bonchev–Trinajstić information content (AvgIpc) is 2.28. The number of aryl methyl sites for hydroxylation is 1. The van der Waals surface area contributed by atoms with Crippen molar-refractivity contribution in [2.24, 2.45) is 0 Å². The van der Waals surface area contributed by atoms with Gasteiger partial charge in [0.15, 0.2) is 0 Å². The van der Waals surface area contributed by atoms with Gasteiger partial charge in [-0.3, -0.25) is 9.59 Å². The Kier molecular flexibility index (Phi) is 3.10. The molecule has 0 amide bonds. The van der Waals surface area contributed by atoms with Crippen LogP contribution in [0.2, 0.25) is 0 Å². The first kappa shape index (κ1) is 11.0. The number of rotatable bonds is 2. The minimum absolute atomic E-state index is 0.211. The molecule has 0 aliphatic carbocycles. The molecule has 0 saturated heterocycles. The summed E-state index contributed by atoms with van der Waals surface area (Å²) in [7, 11) is 0. The number of fused-ring (bicyclic) bond motifs is 1. The van der Waals surface area contributed by atoms with E-state index in [4.69, 9.17) is 21.1 Å².